The minimum absolute atomic E-state index is 0.189. The number of benzene rings is 1. The maximum Gasteiger partial charge on any atom is 0.408 e. The average molecular weight is 501 g/mol. The number of aromatic nitrogens is 2. The Hall–Kier alpha value is -3.69. The Morgan fingerprint density at radius 1 is 1.17 bits per heavy atom. The Bertz CT molecular complexity index is 1310. The Morgan fingerprint density at radius 2 is 1.83 bits per heavy atom. The van der Waals surface area contributed by atoms with Crippen molar-refractivity contribution in [3.8, 4) is 5.75 Å². The third-order valence-corrected chi connectivity index (χ3v) is 5.85. The zero-order chi connectivity index (χ0) is 26.3. The van der Waals surface area contributed by atoms with E-state index in [-0.39, 0.29) is 24.6 Å². The molecule has 1 aliphatic rings. The molecule has 0 bridgehead atoms. The zero-order valence-corrected chi connectivity index (χ0v) is 21.0. The Labute approximate surface area is 208 Å². The van der Waals surface area contributed by atoms with Gasteiger partial charge in [-0.2, -0.15) is 0 Å². The minimum atomic E-state index is -0.702. The van der Waals surface area contributed by atoms with Crippen molar-refractivity contribution >= 4 is 17.6 Å². The van der Waals surface area contributed by atoms with Gasteiger partial charge in [0.05, 0.1) is 16.8 Å². The number of aryl methyl sites for hydroxylation is 2. The second kappa shape index (κ2) is 9.40. The van der Waals surface area contributed by atoms with Crippen LogP contribution in [0.5, 0.6) is 5.75 Å². The zero-order valence-electron chi connectivity index (χ0n) is 21.0. The minimum Gasteiger partial charge on any atom is -0.485 e. The van der Waals surface area contributed by atoms with Gasteiger partial charge in [-0.05, 0) is 71.2 Å². The predicted molar refractivity (Wildman–Crippen MR) is 129 cm³/mol. The lowest BCUT2D eigenvalue weighted by atomic mass is 10.2. The van der Waals surface area contributed by atoms with Crippen LogP contribution in [0.25, 0.3) is 5.65 Å². The summed E-state index contributed by atoms with van der Waals surface area (Å²) in [5, 5.41) is 5.75. The summed E-state index contributed by atoms with van der Waals surface area (Å²) in [5.74, 6) is -1.47. The fourth-order valence-corrected chi connectivity index (χ4v) is 3.91. The molecule has 0 saturated heterocycles. The Kier molecular flexibility index (Phi) is 6.64. The summed E-state index contributed by atoms with van der Waals surface area (Å²) in [6.07, 6.45) is 2.67. The Morgan fingerprint density at radius 3 is 2.44 bits per heavy atom. The van der Waals surface area contributed by atoms with Gasteiger partial charge in [0.1, 0.15) is 29.5 Å². The van der Waals surface area contributed by atoms with Crippen LogP contribution < -0.4 is 15.4 Å². The number of ether oxygens (including phenoxy) is 2. The number of hydrogen-bond donors (Lipinski definition) is 2. The van der Waals surface area contributed by atoms with Crippen molar-refractivity contribution < 1.29 is 27.8 Å². The number of nitrogens with one attached hydrogen (secondary N) is 2. The van der Waals surface area contributed by atoms with E-state index < -0.39 is 28.9 Å². The van der Waals surface area contributed by atoms with E-state index in [2.05, 4.69) is 15.6 Å². The average Bonchev–Trinajstić information content (AvgIpc) is 3.43. The molecule has 4 rings (SSSR count). The molecule has 0 unspecified atom stereocenters. The summed E-state index contributed by atoms with van der Waals surface area (Å²) in [4.78, 5) is 29.8. The van der Waals surface area contributed by atoms with Crippen molar-refractivity contribution in [3.05, 3.63) is 64.6 Å². The second-order valence-electron chi connectivity index (χ2n) is 10.2. The molecular weight excluding hydrogens is 470 g/mol. The van der Waals surface area contributed by atoms with E-state index in [0.717, 1.165) is 18.4 Å². The molecule has 2 heterocycles. The number of rotatable bonds is 7. The number of pyridine rings is 1. The molecule has 0 radical (unpaired) electrons. The molecule has 0 atom stereocenters. The molecule has 1 saturated carbocycles. The number of alkyl carbamates (subject to hydrolysis) is 1. The van der Waals surface area contributed by atoms with Crippen LogP contribution in [-0.4, -0.2) is 39.1 Å². The Balaban J connectivity index is 1.51. The highest BCUT2D eigenvalue weighted by molar-refractivity contribution is 5.95. The monoisotopic (exact) mass is 500 g/mol. The van der Waals surface area contributed by atoms with Gasteiger partial charge in [-0.15, -0.1) is 0 Å². The fraction of sp³-hybridized carbons (Fsp3) is 0.423. The molecule has 8 nitrogen and oxygen atoms in total. The summed E-state index contributed by atoms with van der Waals surface area (Å²) in [6.45, 7) is 8.78. The molecular formula is C26H30F2N4O4. The van der Waals surface area contributed by atoms with Crippen molar-refractivity contribution in [2.45, 2.75) is 65.2 Å². The second-order valence-corrected chi connectivity index (χ2v) is 10.2. The maximum atomic E-state index is 14.0. The first kappa shape index (κ1) is 25.4. The lowest BCUT2D eigenvalue weighted by Crippen LogP contribution is -2.47. The van der Waals surface area contributed by atoms with Crippen LogP contribution in [0.15, 0.2) is 30.5 Å². The van der Waals surface area contributed by atoms with Crippen molar-refractivity contribution in [1.29, 1.82) is 0 Å². The van der Waals surface area contributed by atoms with E-state index in [9.17, 15) is 18.4 Å². The highest BCUT2D eigenvalue weighted by Gasteiger charge is 2.45. The normalized spacial score (nSPS) is 14.4. The third-order valence-electron chi connectivity index (χ3n) is 5.85. The predicted octanol–water partition coefficient (Wildman–Crippen LogP) is 4.60. The van der Waals surface area contributed by atoms with Crippen LogP contribution in [0.3, 0.4) is 0 Å². The molecule has 36 heavy (non-hydrogen) atoms. The lowest BCUT2D eigenvalue weighted by molar-refractivity contribution is 0.0493. The van der Waals surface area contributed by atoms with E-state index in [1.54, 1.807) is 44.4 Å². The molecule has 2 aromatic heterocycles. The summed E-state index contributed by atoms with van der Waals surface area (Å²) >= 11 is 0. The van der Waals surface area contributed by atoms with Crippen LogP contribution in [0.1, 0.15) is 60.9 Å². The molecule has 1 aliphatic carbocycles. The number of halogens is 2. The topological polar surface area (TPSA) is 94.0 Å². The molecule has 0 aliphatic heterocycles. The van der Waals surface area contributed by atoms with Gasteiger partial charge in [0.25, 0.3) is 5.91 Å². The molecule has 0 spiro atoms. The number of nitrogens with zero attached hydrogens (tertiary/aromatic N) is 2. The first-order valence-corrected chi connectivity index (χ1v) is 11.7. The van der Waals surface area contributed by atoms with Crippen LogP contribution >= 0.6 is 0 Å². The van der Waals surface area contributed by atoms with E-state index in [1.165, 1.54) is 18.2 Å². The summed E-state index contributed by atoms with van der Waals surface area (Å²) < 4.78 is 40.8. The molecule has 1 fully saturated rings. The fourth-order valence-electron chi connectivity index (χ4n) is 3.91. The van der Waals surface area contributed by atoms with Gasteiger partial charge < -0.3 is 20.1 Å². The molecule has 2 amide bonds. The van der Waals surface area contributed by atoms with Crippen molar-refractivity contribution in [2.75, 3.05) is 6.54 Å². The van der Waals surface area contributed by atoms with E-state index in [4.69, 9.17) is 9.47 Å². The molecule has 2 N–H and O–H groups in total. The smallest absolute Gasteiger partial charge is 0.408 e. The first-order chi connectivity index (χ1) is 16.9. The van der Waals surface area contributed by atoms with Crippen molar-refractivity contribution in [1.82, 2.24) is 20.0 Å². The van der Waals surface area contributed by atoms with Gasteiger partial charge in [0.2, 0.25) is 0 Å². The van der Waals surface area contributed by atoms with E-state index in [1.807, 2.05) is 6.92 Å². The van der Waals surface area contributed by atoms with Gasteiger partial charge in [-0.1, -0.05) is 6.07 Å². The van der Waals surface area contributed by atoms with Crippen molar-refractivity contribution in [2.24, 2.45) is 0 Å². The highest BCUT2D eigenvalue weighted by atomic mass is 19.1. The molecule has 10 heteroatoms. The molecule has 192 valence electrons. The quantitative estimate of drug-likeness (QED) is 0.495. The molecule has 1 aromatic carbocycles. The number of imidazole rings is 1. The number of carbonyl (C=O) groups is 2. The van der Waals surface area contributed by atoms with Gasteiger partial charge in [-0.3, -0.25) is 9.20 Å². The maximum absolute atomic E-state index is 14.0. The van der Waals surface area contributed by atoms with Crippen LogP contribution in [-0.2, 0) is 11.3 Å². The van der Waals surface area contributed by atoms with Gasteiger partial charge in [0.15, 0.2) is 11.4 Å². The largest absolute Gasteiger partial charge is 0.485 e. The SMILES string of the molecule is Cc1cc(OCc2c(F)cccc2F)c2nc(C)c(C(=O)NCC3(NC(=O)OC(C)(C)C)CC3)n2c1. The highest BCUT2D eigenvalue weighted by Crippen LogP contribution is 2.35. The number of amides is 2. The van der Waals surface area contributed by atoms with Crippen LogP contribution in [0, 0.1) is 25.5 Å². The number of fused-ring (bicyclic) bond motifs is 1. The number of carbonyl (C=O) groups excluding carboxylic acids is 2. The summed E-state index contributed by atoms with van der Waals surface area (Å²) in [7, 11) is 0. The summed E-state index contributed by atoms with van der Waals surface area (Å²) in [6, 6.07) is 5.32. The first-order valence-electron chi connectivity index (χ1n) is 11.7. The third kappa shape index (κ3) is 5.58. The summed E-state index contributed by atoms with van der Waals surface area (Å²) in [5.41, 5.74) is 0.545. The van der Waals surface area contributed by atoms with Crippen LogP contribution in [0.4, 0.5) is 13.6 Å². The lowest BCUT2D eigenvalue weighted by Gasteiger charge is -2.23. The standard InChI is InChI=1S/C26H30F2N4O4/c1-15-11-20(35-13-17-18(27)7-6-8-19(17)28)22-30-16(2)21(32(22)12-15)23(33)29-14-26(9-10-26)31-24(34)36-25(3,4)5/h6-8,11-12H,9-10,13-14H2,1-5H3,(H,29,33)(H,31,34). The van der Waals surface area contributed by atoms with Crippen molar-refractivity contribution in [3.63, 3.8) is 0 Å². The van der Waals surface area contributed by atoms with Gasteiger partial charge >= 0.3 is 6.09 Å². The van der Waals surface area contributed by atoms with E-state index in [0.29, 0.717) is 22.8 Å². The molecule has 3 aromatic rings. The van der Waals surface area contributed by atoms with Gasteiger partial charge in [-0.25, -0.2) is 18.6 Å². The number of hydrogen-bond acceptors (Lipinski definition) is 5. The van der Waals surface area contributed by atoms with E-state index >= 15 is 0 Å². The van der Waals surface area contributed by atoms with Crippen LogP contribution in [0.2, 0.25) is 0 Å². The van der Waals surface area contributed by atoms with Gasteiger partial charge in [0, 0.05) is 12.7 Å².